The van der Waals surface area contributed by atoms with E-state index in [0.29, 0.717) is 35.5 Å². The van der Waals surface area contributed by atoms with Gasteiger partial charge in [-0.05, 0) is 31.0 Å². The lowest BCUT2D eigenvalue weighted by Gasteiger charge is -2.23. The van der Waals surface area contributed by atoms with E-state index in [-0.39, 0.29) is 0 Å². The molecule has 5 heteroatoms. The van der Waals surface area contributed by atoms with Crippen LogP contribution in [0.25, 0.3) is 0 Å². The van der Waals surface area contributed by atoms with Crippen LogP contribution in [-0.2, 0) is 4.74 Å². The average Bonchev–Trinajstić information content (AvgIpc) is 2.53. The number of rotatable bonds is 6. The van der Waals surface area contributed by atoms with Gasteiger partial charge in [0, 0.05) is 6.54 Å². The molecule has 0 heterocycles. The van der Waals surface area contributed by atoms with E-state index < -0.39 is 6.10 Å². The van der Waals surface area contributed by atoms with Gasteiger partial charge in [-0.3, -0.25) is 0 Å². The van der Waals surface area contributed by atoms with Gasteiger partial charge >= 0.3 is 0 Å². The fourth-order valence-corrected chi connectivity index (χ4v) is 2.68. The summed E-state index contributed by atoms with van der Waals surface area (Å²) in [7, 11) is 0. The zero-order valence-electron chi connectivity index (χ0n) is 12.0. The molecule has 1 saturated carbocycles. The highest BCUT2D eigenvalue weighted by Crippen LogP contribution is 2.23. The van der Waals surface area contributed by atoms with Crippen molar-refractivity contribution in [3.8, 4) is 6.07 Å². The van der Waals surface area contributed by atoms with Gasteiger partial charge in [0.25, 0.3) is 0 Å². The molecule has 1 aromatic carbocycles. The van der Waals surface area contributed by atoms with Crippen molar-refractivity contribution in [1.29, 1.82) is 5.26 Å². The zero-order valence-corrected chi connectivity index (χ0v) is 12.8. The first-order valence-corrected chi connectivity index (χ1v) is 7.80. The van der Waals surface area contributed by atoms with Crippen LogP contribution in [0.2, 0.25) is 5.02 Å². The normalized spacial score (nSPS) is 17.2. The number of nitrogens with one attached hydrogen (secondary N) is 1. The highest BCUT2D eigenvalue weighted by atomic mass is 35.5. The third-order valence-corrected chi connectivity index (χ3v) is 4.03. The van der Waals surface area contributed by atoms with E-state index in [2.05, 4.69) is 11.4 Å². The smallest absolute Gasteiger partial charge is 0.0992 e. The van der Waals surface area contributed by atoms with Crippen molar-refractivity contribution in [2.75, 3.05) is 18.5 Å². The summed E-state index contributed by atoms with van der Waals surface area (Å²) in [5, 5.41) is 22.4. The van der Waals surface area contributed by atoms with E-state index in [4.69, 9.17) is 21.6 Å². The lowest BCUT2D eigenvalue weighted by atomic mass is 9.98. The summed E-state index contributed by atoms with van der Waals surface area (Å²) >= 11 is 6.05. The van der Waals surface area contributed by atoms with Crippen LogP contribution in [0.15, 0.2) is 18.2 Å². The average molecular weight is 309 g/mol. The number of ether oxygens (including phenoxy) is 1. The Balaban J connectivity index is 1.75. The summed E-state index contributed by atoms with van der Waals surface area (Å²) in [6.45, 7) is 0.675. The van der Waals surface area contributed by atoms with E-state index in [1.165, 1.54) is 19.3 Å². The molecule has 0 bridgehead atoms. The molecule has 1 aliphatic rings. The highest BCUT2D eigenvalue weighted by Gasteiger charge is 2.15. The van der Waals surface area contributed by atoms with Crippen molar-refractivity contribution in [3.05, 3.63) is 28.8 Å². The minimum Gasteiger partial charge on any atom is -0.389 e. The van der Waals surface area contributed by atoms with Crippen molar-refractivity contribution in [3.63, 3.8) is 0 Å². The third-order valence-electron chi connectivity index (χ3n) is 3.70. The maximum absolute atomic E-state index is 9.96. The number of nitrogens with zero attached hydrogens (tertiary/aromatic N) is 1. The molecule has 1 unspecified atom stereocenters. The molecule has 0 saturated heterocycles. The second kappa shape index (κ2) is 8.23. The van der Waals surface area contributed by atoms with E-state index in [1.54, 1.807) is 18.2 Å². The number of nitriles is 1. The number of hydrogen-bond donors (Lipinski definition) is 2. The Hall–Kier alpha value is -1.28. The zero-order chi connectivity index (χ0) is 15.1. The number of hydrogen-bond acceptors (Lipinski definition) is 4. The van der Waals surface area contributed by atoms with Crippen molar-refractivity contribution < 1.29 is 9.84 Å². The van der Waals surface area contributed by atoms with E-state index >= 15 is 0 Å². The minimum atomic E-state index is -0.589. The maximum atomic E-state index is 9.96. The lowest BCUT2D eigenvalue weighted by Crippen LogP contribution is -2.28. The molecular formula is C16H21ClN2O2. The first kappa shape index (κ1) is 16.1. The van der Waals surface area contributed by atoms with Crippen LogP contribution in [0, 0.1) is 11.3 Å². The Morgan fingerprint density at radius 2 is 2.14 bits per heavy atom. The van der Waals surface area contributed by atoms with Crippen LogP contribution < -0.4 is 5.32 Å². The number of anilines is 1. The predicted molar refractivity (Wildman–Crippen MR) is 83.5 cm³/mol. The molecule has 0 amide bonds. The van der Waals surface area contributed by atoms with E-state index in [0.717, 1.165) is 12.8 Å². The molecule has 114 valence electrons. The topological polar surface area (TPSA) is 65.3 Å². The first-order valence-electron chi connectivity index (χ1n) is 7.42. The van der Waals surface area contributed by atoms with Crippen LogP contribution >= 0.6 is 11.6 Å². The van der Waals surface area contributed by atoms with Crippen molar-refractivity contribution in [2.24, 2.45) is 0 Å². The molecule has 1 atom stereocenters. The van der Waals surface area contributed by atoms with E-state index in [9.17, 15) is 5.11 Å². The molecular weight excluding hydrogens is 288 g/mol. The highest BCUT2D eigenvalue weighted by molar-refractivity contribution is 6.33. The molecule has 1 fully saturated rings. The van der Waals surface area contributed by atoms with Crippen LogP contribution in [0.1, 0.15) is 37.7 Å². The molecule has 1 aromatic rings. The number of aliphatic hydroxyl groups is 1. The Morgan fingerprint density at radius 3 is 2.86 bits per heavy atom. The molecule has 0 aromatic heterocycles. The van der Waals surface area contributed by atoms with Crippen molar-refractivity contribution in [2.45, 2.75) is 44.3 Å². The van der Waals surface area contributed by atoms with Gasteiger partial charge in [0.2, 0.25) is 0 Å². The van der Waals surface area contributed by atoms with Gasteiger partial charge in [-0.1, -0.05) is 30.9 Å². The predicted octanol–water partition coefficient (Wildman–Crippen LogP) is 3.33. The summed E-state index contributed by atoms with van der Waals surface area (Å²) in [5.41, 5.74) is 1.20. The van der Waals surface area contributed by atoms with Crippen LogP contribution in [0.4, 0.5) is 5.69 Å². The molecule has 0 aliphatic heterocycles. The van der Waals surface area contributed by atoms with Crippen molar-refractivity contribution >= 4 is 17.3 Å². The van der Waals surface area contributed by atoms with Gasteiger partial charge in [-0.15, -0.1) is 0 Å². The molecule has 2 rings (SSSR count). The largest absolute Gasteiger partial charge is 0.389 e. The molecule has 0 spiro atoms. The van der Waals surface area contributed by atoms with Crippen LogP contribution in [-0.4, -0.2) is 30.5 Å². The third kappa shape index (κ3) is 5.20. The second-order valence-corrected chi connectivity index (χ2v) is 5.84. The molecule has 1 aliphatic carbocycles. The van der Waals surface area contributed by atoms with Gasteiger partial charge in [-0.25, -0.2) is 0 Å². The monoisotopic (exact) mass is 308 g/mol. The minimum absolute atomic E-state index is 0.291. The standard InChI is InChI=1S/C16H21ClN2O2/c17-15-7-6-12(9-18)8-16(15)19-10-13(20)11-21-14-4-2-1-3-5-14/h6-8,13-14,19-20H,1-5,10-11H2. The van der Waals surface area contributed by atoms with Crippen molar-refractivity contribution in [1.82, 2.24) is 0 Å². The number of aliphatic hydroxyl groups excluding tert-OH is 1. The Morgan fingerprint density at radius 1 is 1.38 bits per heavy atom. The number of halogens is 1. The quantitative estimate of drug-likeness (QED) is 0.846. The van der Waals surface area contributed by atoms with Gasteiger partial charge in [0.1, 0.15) is 0 Å². The Labute approximate surface area is 130 Å². The fourth-order valence-electron chi connectivity index (χ4n) is 2.50. The fraction of sp³-hybridized carbons (Fsp3) is 0.562. The molecule has 2 N–H and O–H groups in total. The molecule has 0 radical (unpaired) electrons. The van der Waals surface area contributed by atoms with Gasteiger partial charge in [0.05, 0.1) is 41.2 Å². The lowest BCUT2D eigenvalue weighted by molar-refractivity contribution is -0.0195. The van der Waals surface area contributed by atoms with E-state index in [1.807, 2.05) is 0 Å². The first-order chi connectivity index (χ1) is 10.2. The van der Waals surface area contributed by atoms with Crippen LogP contribution in [0.3, 0.4) is 0 Å². The van der Waals surface area contributed by atoms with Gasteiger partial charge in [0.15, 0.2) is 0 Å². The maximum Gasteiger partial charge on any atom is 0.0992 e. The Bertz CT molecular complexity index is 496. The SMILES string of the molecule is N#Cc1ccc(Cl)c(NCC(O)COC2CCCCC2)c1. The second-order valence-electron chi connectivity index (χ2n) is 5.43. The molecule has 21 heavy (non-hydrogen) atoms. The molecule has 4 nitrogen and oxygen atoms in total. The summed E-state index contributed by atoms with van der Waals surface area (Å²) < 4.78 is 5.73. The van der Waals surface area contributed by atoms with Crippen LogP contribution in [0.5, 0.6) is 0 Å². The van der Waals surface area contributed by atoms with Gasteiger partial charge in [-0.2, -0.15) is 5.26 Å². The number of benzene rings is 1. The summed E-state index contributed by atoms with van der Waals surface area (Å²) in [5.74, 6) is 0. The Kier molecular flexibility index (Phi) is 6.31. The summed E-state index contributed by atoms with van der Waals surface area (Å²) in [6, 6.07) is 7.08. The van der Waals surface area contributed by atoms with Gasteiger partial charge < -0.3 is 15.2 Å². The summed E-state index contributed by atoms with van der Waals surface area (Å²) in [4.78, 5) is 0. The summed E-state index contributed by atoms with van der Waals surface area (Å²) in [6.07, 6.45) is 5.61.